The van der Waals surface area contributed by atoms with Gasteiger partial charge in [-0.25, -0.2) is 0 Å². The average molecular weight is 497 g/mol. The second kappa shape index (κ2) is 11.9. The lowest BCUT2D eigenvalue weighted by Gasteiger charge is -2.43. The zero-order valence-corrected chi connectivity index (χ0v) is 19.2. The number of carbonyl (C=O) groups excluding carboxylic acids is 5. The molecule has 0 amide bonds. The van der Waals surface area contributed by atoms with Crippen LogP contribution in [0.25, 0.3) is 0 Å². The molecular weight excluding hydrogens is 474 g/mol. The molecule has 1 aromatic carbocycles. The van der Waals surface area contributed by atoms with E-state index in [-0.39, 0.29) is 11.3 Å². The van der Waals surface area contributed by atoms with Gasteiger partial charge in [-0.1, -0.05) is 0 Å². The Kier molecular flexibility index (Phi) is 9.22. The maximum atomic E-state index is 11.8. The molecule has 0 aliphatic carbocycles. The predicted octanol–water partition coefficient (Wildman–Crippen LogP) is 0.869. The minimum Gasteiger partial charge on any atom is -0.463 e. The summed E-state index contributed by atoms with van der Waals surface area (Å²) in [5, 5.41) is 11.5. The van der Waals surface area contributed by atoms with Crippen molar-refractivity contribution < 1.29 is 57.3 Å². The molecule has 0 radical (unpaired) electrons. The first-order valence-corrected chi connectivity index (χ1v) is 10.1. The van der Waals surface area contributed by atoms with Crippen LogP contribution < -0.4 is 4.74 Å². The normalized spacial score (nSPS) is 23.4. The molecule has 14 nitrogen and oxygen atoms in total. The summed E-state index contributed by atoms with van der Waals surface area (Å²) >= 11 is 0. The fourth-order valence-corrected chi connectivity index (χ4v) is 3.26. The van der Waals surface area contributed by atoms with E-state index in [0.717, 1.165) is 39.8 Å². The Balaban J connectivity index is 2.55. The molecule has 1 unspecified atom stereocenters. The van der Waals surface area contributed by atoms with Crippen LogP contribution in [0.5, 0.6) is 5.75 Å². The van der Waals surface area contributed by atoms with E-state index in [1.807, 2.05) is 0 Å². The Bertz CT molecular complexity index is 1010. The minimum absolute atomic E-state index is 0.00871. The molecule has 0 aromatic heterocycles. The van der Waals surface area contributed by atoms with Crippen molar-refractivity contribution >= 4 is 35.9 Å². The lowest BCUT2D eigenvalue weighted by molar-refractivity contribution is -0.387. The summed E-state index contributed by atoms with van der Waals surface area (Å²) in [6.07, 6.45) is -7.04. The van der Waals surface area contributed by atoms with Crippen molar-refractivity contribution in [2.24, 2.45) is 0 Å². The van der Waals surface area contributed by atoms with Crippen LogP contribution in [0.15, 0.2) is 18.2 Å². The molecule has 0 N–H and O–H groups in total. The van der Waals surface area contributed by atoms with Gasteiger partial charge in [0.2, 0.25) is 12.4 Å². The van der Waals surface area contributed by atoms with Crippen LogP contribution in [-0.2, 0) is 42.9 Å². The molecule has 0 bridgehead atoms. The number of rotatable bonds is 9. The molecule has 35 heavy (non-hydrogen) atoms. The molecule has 1 heterocycles. The van der Waals surface area contributed by atoms with E-state index in [0.29, 0.717) is 6.29 Å². The molecule has 2 rings (SSSR count). The fourth-order valence-electron chi connectivity index (χ4n) is 3.26. The maximum absolute atomic E-state index is 11.8. The van der Waals surface area contributed by atoms with Gasteiger partial charge in [-0.05, 0) is 12.1 Å². The second-order valence-electron chi connectivity index (χ2n) is 7.29. The first kappa shape index (κ1) is 27.2. The fraction of sp³-hybridized carbons (Fsp3) is 0.476. The highest BCUT2D eigenvalue weighted by atomic mass is 16.7. The summed E-state index contributed by atoms with van der Waals surface area (Å²) < 4.78 is 32.0. The van der Waals surface area contributed by atoms with Gasteiger partial charge in [0.15, 0.2) is 18.0 Å². The number of esters is 4. The van der Waals surface area contributed by atoms with Crippen LogP contribution in [-0.4, -0.2) is 72.4 Å². The number of nitro groups is 1. The predicted molar refractivity (Wildman–Crippen MR) is 111 cm³/mol. The summed E-state index contributed by atoms with van der Waals surface area (Å²) in [7, 11) is 0. The van der Waals surface area contributed by atoms with Crippen molar-refractivity contribution in [1.29, 1.82) is 0 Å². The molecule has 190 valence electrons. The van der Waals surface area contributed by atoms with E-state index in [9.17, 15) is 34.1 Å². The largest absolute Gasteiger partial charge is 0.463 e. The maximum Gasteiger partial charge on any atom is 0.311 e. The van der Waals surface area contributed by atoms with Crippen LogP contribution in [0.1, 0.15) is 38.1 Å². The molecule has 0 saturated carbocycles. The zero-order valence-electron chi connectivity index (χ0n) is 19.2. The first-order valence-electron chi connectivity index (χ1n) is 10.1. The van der Waals surface area contributed by atoms with Gasteiger partial charge >= 0.3 is 29.6 Å². The van der Waals surface area contributed by atoms with Gasteiger partial charge in [0.1, 0.15) is 19.0 Å². The van der Waals surface area contributed by atoms with Gasteiger partial charge in [0.05, 0.1) is 4.92 Å². The monoisotopic (exact) mass is 497 g/mol. The Labute approximate surface area is 198 Å². The van der Waals surface area contributed by atoms with Crippen molar-refractivity contribution in [2.45, 2.75) is 58.4 Å². The number of hydrogen-bond acceptors (Lipinski definition) is 13. The number of aldehydes is 1. The highest BCUT2D eigenvalue weighted by Gasteiger charge is 2.53. The summed E-state index contributed by atoms with van der Waals surface area (Å²) in [4.78, 5) is 68.5. The molecule has 0 spiro atoms. The zero-order chi connectivity index (χ0) is 26.3. The van der Waals surface area contributed by atoms with Gasteiger partial charge < -0.3 is 28.4 Å². The highest BCUT2D eigenvalue weighted by molar-refractivity contribution is 5.77. The van der Waals surface area contributed by atoms with Gasteiger partial charge in [0, 0.05) is 39.3 Å². The van der Waals surface area contributed by atoms with Gasteiger partial charge in [-0.15, -0.1) is 0 Å². The summed E-state index contributed by atoms with van der Waals surface area (Å²) in [5.41, 5.74) is -0.618. The molecule has 1 aliphatic heterocycles. The number of ether oxygens (including phenoxy) is 6. The minimum atomic E-state index is -1.66. The second-order valence-corrected chi connectivity index (χ2v) is 7.29. The standard InChI is InChI=1S/C21H23NO13/c1-10(24)30-9-17-18(31-11(2)25)19(32-12(3)26)20(33-13(4)27)21(35-17)34-16-6-5-14(8-23)7-15(16)22(28)29/h5-8,17-21H,9H2,1-4H3/t17-,18+,19+,20?,21-/m1/s1. The lowest BCUT2D eigenvalue weighted by Crippen LogP contribution is -2.63. The van der Waals surface area contributed by atoms with E-state index < -0.39 is 71.8 Å². The number of hydrogen-bond donors (Lipinski definition) is 0. The van der Waals surface area contributed by atoms with E-state index in [4.69, 9.17) is 28.4 Å². The quantitative estimate of drug-likeness (QED) is 0.154. The Hall–Kier alpha value is -4.07. The van der Waals surface area contributed by atoms with Gasteiger partial charge in [0.25, 0.3) is 0 Å². The summed E-state index contributed by atoms with van der Waals surface area (Å²) in [5.74, 6) is -3.61. The third kappa shape index (κ3) is 7.46. The van der Waals surface area contributed by atoms with Crippen LogP contribution in [0, 0.1) is 10.1 Å². The first-order chi connectivity index (χ1) is 16.4. The number of nitro benzene ring substituents is 1. The number of benzene rings is 1. The molecule has 1 aromatic rings. The molecular formula is C21H23NO13. The van der Waals surface area contributed by atoms with E-state index in [1.165, 1.54) is 6.07 Å². The summed E-state index contributed by atoms with van der Waals surface area (Å²) in [6.45, 7) is 3.76. The van der Waals surface area contributed by atoms with Crippen molar-refractivity contribution in [2.75, 3.05) is 6.61 Å². The Morgan fingerprint density at radius 3 is 2.03 bits per heavy atom. The van der Waals surface area contributed by atoms with Crippen molar-refractivity contribution in [3.63, 3.8) is 0 Å². The van der Waals surface area contributed by atoms with E-state index in [1.54, 1.807) is 0 Å². The summed E-state index contributed by atoms with van der Waals surface area (Å²) in [6, 6.07) is 3.31. The van der Waals surface area contributed by atoms with Crippen molar-refractivity contribution in [3.8, 4) is 5.75 Å². The van der Waals surface area contributed by atoms with Gasteiger partial charge in [-0.3, -0.25) is 34.1 Å². The van der Waals surface area contributed by atoms with Crippen molar-refractivity contribution in [1.82, 2.24) is 0 Å². The highest BCUT2D eigenvalue weighted by Crippen LogP contribution is 2.34. The average Bonchev–Trinajstić information content (AvgIpc) is 2.75. The number of carbonyl (C=O) groups is 5. The molecule has 14 heteroatoms. The molecule has 1 fully saturated rings. The smallest absolute Gasteiger partial charge is 0.311 e. The van der Waals surface area contributed by atoms with Crippen LogP contribution in [0.2, 0.25) is 0 Å². The van der Waals surface area contributed by atoms with E-state index >= 15 is 0 Å². The topological polar surface area (TPSA) is 184 Å². The third-order valence-corrected chi connectivity index (χ3v) is 4.51. The molecule has 5 atom stereocenters. The molecule has 1 aliphatic rings. The van der Waals surface area contributed by atoms with Crippen LogP contribution in [0.4, 0.5) is 5.69 Å². The van der Waals surface area contributed by atoms with E-state index in [2.05, 4.69) is 0 Å². The van der Waals surface area contributed by atoms with Crippen molar-refractivity contribution in [3.05, 3.63) is 33.9 Å². The van der Waals surface area contributed by atoms with Gasteiger partial charge in [-0.2, -0.15) is 0 Å². The SMILES string of the molecule is CC(=O)OC[C@H]1O[C@@H](Oc2ccc(C=O)cc2[N+](=O)[O-])C(OC(C)=O)[C@@H](OC(C)=O)[C@H]1OC(C)=O. The third-order valence-electron chi connectivity index (χ3n) is 4.51. The Morgan fingerprint density at radius 2 is 1.51 bits per heavy atom. The molecule has 1 saturated heterocycles. The lowest BCUT2D eigenvalue weighted by atomic mass is 9.98. The number of nitrogens with zero attached hydrogens (tertiary/aromatic N) is 1. The van der Waals surface area contributed by atoms with Crippen LogP contribution >= 0.6 is 0 Å². The van der Waals surface area contributed by atoms with Crippen LogP contribution in [0.3, 0.4) is 0 Å². The Morgan fingerprint density at radius 1 is 0.943 bits per heavy atom.